The fraction of sp³-hybridized carbons (Fsp3) is 0.250. The van der Waals surface area contributed by atoms with E-state index in [0.717, 1.165) is 21.5 Å². The van der Waals surface area contributed by atoms with Crippen LogP contribution in [0.5, 0.6) is 0 Å². The zero-order valence-corrected chi connectivity index (χ0v) is 17.0. The maximum absolute atomic E-state index is 12.7. The average molecular weight is 414 g/mol. The molecular formula is C20H22N4O4S. The first-order valence-corrected chi connectivity index (χ1v) is 10.6. The number of nitrogens with zero attached hydrogens (tertiary/aromatic N) is 3. The van der Waals surface area contributed by atoms with Gasteiger partial charge in [0.1, 0.15) is 6.54 Å². The highest BCUT2D eigenvalue weighted by Gasteiger charge is 2.22. The molecule has 0 radical (unpaired) electrons. The SMILES string of the molecule is CCN(CC)S(=O)(=O)c1ccc(=O)n(CC(=O)Nc2cccc3ncccc23)c1. The zero-order chi connectivity index (χ0) is 21.0. The Labute approximate surface area is 168 Å². The number of benzene rings is 1. The largest absolute Gasteiger partial charge is 0.324 e. The Balaban J connectivity index is 1.86. The molecule has 0 unspecified atom stereocenters. The summed E-state index contributed by atoms with van der Waals surface area (Å²) in [5.74, 6) is -0.444. The molecule has 0 aliphatic heterocycles. The molecule has 0 aliphatic rings. The molecule has 0 bridgehead atoms. The molecule has 3 rings (SSSR count). The lowest BCUT2D eigenvalue weighted by atomic mass is 10.2. The van der Waals surface area contributed by atoms with E-state index in [-0.39, 0.29) is 11.4 Å². The average Bonchev–Trinajstić information content (AvgIpc) is 2.70. The number of amides is 1. The normalized spacial score (nSPS) is 11.7. The van der Waals surface area contributed by atoms with Gasteiger partial charge in [0, 0.05) is 36.9 Å². The fourth-order valence-electron chi connectivity index (χ4n) is 3.05. The molecule has 0 aliphatic carbocycles. The van der Waals surface area contributed by atoms with Gasteiger partial charge < -0.3 is 9.88 Å². The van der Waals surface area contributed by atoms with Gasteiger partial charge in [0.25, 0.3) is 5.56 Å². The second-order valence-electron chi connectivity index (χ2n) is 6.34. The third-order valence-electron chi connectivity index (χ3n) is 4.53. The number of anilines is 1. The highest BCUT2D eigenvalue weighted by Crippen LogP contribution is 2.21. The van der Waals surface area contributed by atoms with Crippen molar-refractivity contribution in [2.75, 3.05) is 18.4 Å². The number of hydrogen-bond donors (Lipinski definition) is 1. The second-order valence-corrected chi connectivity index (χ2v) is 8.28. The van der Waals surface area contributed by atoms with Gasteiger partial charge in [0.2, 0.25) is 15.9 Å². The van der Waals surface area contributed by atoms with E-state index < -0.39 is 21.5 Å². The van der Waals surface area contributed by atoms with Crippen molar-refractivity contribution in [1.29, 1.82) is 0 Å². The summed E-state index contributed by atoms with van der Waals surface area (Å²) in [7, 11) is -3.73. The molecule has 0 spiro atoms. The van der Waals surface area contributed by atoms with Crippen molar-refractivity contribution in [3.63, 3.8) is 0 Å². The van der Waals surface area contributed by atoms with Crippen molar-refractivity contribution >= 4 is 32.5 Å². The van der Waals surface area contributed by atoms with E-state index in [1.54, 1.807) is 38.2 Å². The first-order chi connectivity index (χ1) is 13.9. The molecule has 8 nitrogen and oxygen atoms in total. The van der Waals surface area contributed by atoms with Gasteiger partial charge in [-0.05, 0) is 30.3 Å². The number of pyridine rings is 2. The first kappa shape index (κ1) is 20.7. The van der Waals surface area contributed by atoms with Crippen LogP contribution in [0.4, 0.5) is 5.69 Å². The molecule has 1 aromatic carbocycles. The number of fused-ring (bicyclic) bond motifs is 1. The highest BCUT2D eigenvalue weighted by atomic mass is 32.2. The summed E-state index contributed by atoms with van der Waals surface area (Å²) in [4.78, 5) is 28.9. The predicted molar refractivity (Wildman–Crippen MR) is 111 cm³/mol. The predicted octanol–water partition coefficient (Wildman–Crippen LogP) is 2.07. The minimum atomic E-state index is -3.73. The fourth-order valence-corrected chi connectivity index (χ4v) is 4.53. The summed E-state index contributed by atoms with van der Waals surface area (Å²) in [6.45, 7) is 3.80. The molecule has 1 amide bonds. The van der Waals surface area contributed by atoms with Crippen molar-refractivity contribution in [3.05, 3.63) is 65.2 Å². The van der Waals surface area contributed by atoms with Crippen LogP contribution in [0.3, 0.4) is 0 Å². The Kier molecular flexibility index (Phi) is 6.09. The molecule has 0 saturated heterocycles. The van der Waals surface area contributed by atoms with Gasteiger partial charge in [-0.15, -0.1) is 0 Å². The van der Waals surface area contributed by atoms with Crippen molar-refractivity contribution in [2.45, 2.75) is 25.3 Å². The van der Waals surface area contributed by atoms with Gasteiger partial charge >= 0.3 is 0 Å². The quantitative estimate of drug-likeness (QED) is 0.638. The smallest absolute Gasteiger partial charge is 0.251 e. The Morgan fingerprint density at radius 1 is 1.10 bits per heavy atom. The lowest BCUT2D eigenvalue weighted by Gasteiger charge is -2.19. The maximum atomic E-state index is 12.7. The van der Waals surface area contributed by atoms with E-state index in [1.165, 1.54) is 16.6 Å². The van der Waals surface area contributed by atoms with E-state index >= 15 is 0 Å². The van der Waals surface area contributed by atoms with Gasteiger partial charge in [-0.3, -0.25) is 14.6 Å². The summed E-state index contributed by atoms with van der Waals surface area (Å²) in [6, 6.07) is 11.4. The van der Waals surface area contributed by atoms with Gasteiger partial charge in [0.15, 0.2) is 0 Å². The van der Waals surface area contributed by atoms with E-state index in [9.17, 15) is 18.0 Å². The Bertz CT molecular complexity index is 1200. The van der Waals surface area contributed by atoms with E-state index in [1.807, 2.05) is 12.1 Å². The van der Waals surface area contributed by atoms with Crippen molar-refractivity contribution in [2.24, 2.45) is 0 Å². The molecule has 0 fully saturated rings. The van der Waals surface area contributed by atoms with Crippen molar-refractivity contribution < 1.29 is 13.2 Å². The number of carbonyl (C=O) groups is 1. The second kappa shape index (κ2) is 8.54. The molecule has 152 valence electrons. The van der Waals surface area contributed by atoms with Gasteiger partial charge in [-0.25, -0.2) is 8.42 Å². The minimum absolute atomic E-state index is 0.0250. The first-order valence-electron chi connectivity index (χ1n) is 9.21. The van der Waals surface area contributed by atoms with Gasteiger partial charge in [0.05, 0.1) is 16.1 Å². The zero-order valence-electron chi connectivity index (χ0n) is 16.2. The van der Waals surface area contributed by atoms with Crippen LogP contribution in [-0.2, 0) is 21.4 Å². The van der Waals surface area contributed by atoms with Gasteiger partial charge in [-0.2, -0.15) is 4.31 Å². The molecule has 0 atom stereocenters. The van der Waals surface area contributed by atoms with Crippen molar-refractivity contribution in [1.82, 2.24) is 13.9 Å². The summed E-state index contributed by atoms with van der Waals surface area (Å²) < 4.78 is 27.8. The van der Waals surface area contributed by atoms with Crippen LogP contribution in [0.25, 0.3) is 10.9 Å². The van der Waals surface area contributed by atoms with E-state index in [2.05, 4.69) is 10.3 Å². The lowest BCUT2D eigenvalue weighted by Crippen LogP contribution is -2.33. The summed E-state index contributed by atoms with van der Waals surface area (Å²) in [6.07, 6.45) is 2.87. The molecule has 1 N–H and O–H groups in total. The van der Waals surface area contributed by atoms with Gasteiger partial charge in [-0.1, -0.05) is 19.9 Å². The molecule has 0 saturated carbocycles. The topological polar surface area (TPSA) is 101 Å². The van der Waals surface area contributed by atoms with Crippen LogP contribution in [-0.4, -0.2) is 41.3 Å². The van der Waals surface area contributed by atoms with Crippen LogP contribution in [0.2, 0.25) is 0 Å². The van der Waals surface area contributed by atoms with E-state index in [4.69, 9.17) is 0 Å². The molecule has 9 heteroatoms. The van der Waals surface area contributed by atoms with E-state index in [0.29, 0.717) is 18.8 Å². The molecule has 29 heavy (non-hydrogen) atoms. The van der Waals surface area contributed by atoms with Crippen LogP contribution >= 0.6 is 0 Å². The maximum Gasteiger partial charge on any atom is 0.251 e. The summed E-state index contributed by atoms with van der Waals surface area (Å²) in [5.41, 5.74) is 0.841. The molecule has 2 aromatic heterocycles. The molecular weight excluding hydrogens is 392 g/mol. The van der Waals surface area contributed by atoms with Crippen LogP contribution < -0.4 is 10.9 Å². The molecule has 3 aromatic rings. The van der Waals surface area contributed by atoms with Crippen LogP contribution in [0, 0.1) is 0 Å². The number of hydrogen-bond acceptors (Lipinski definition) is 5. The molecule has 2 heterocycles. The Morgan fingerprint density at radius 2 is 1.86 bits per heavy atom. The Morgan fingerprint density at radius 3 is 2.59 bits per heavy atom. The number of sulfonamides is 1. The third kappa shape index (κ3) is 4.36. The van der Waals surface area contributed by atoms with Crippen molar-refractivity contribution in [3.8, 4) is 0 Å². The lowest BCUT2D eigenvalue weighted by molar-refractivity contribution is -0.116. The monoisotopic (exact) mass is 414 g/mol. The number of carbonyl (C=O) groups excluding carboxylic acids is 1. The number of nitrogens with one attached hydrogen (secondary N) is 1. The third-order valence-corrected chi connectivity index (χ3v) is 6.57. The Hall–Kier alpha value is -3.04. The van der Waals surface area contributed by atoms with Crippen LogP contribution in [0.15, 0.2) is 64.5 Å². The highest BCUT2D eigenvalue weighted by molar-refractivity contribution is 7.89. The number of aromatic nitrogens is 2. The van der Waals surface area contributed by atoms with Crippen LogP contribution in [0.1, 0.15) is 13.8 Å². The summed E-state index contributed by atoms with van der Waals surface area (Å²) >= 11 is 0. The minimum Gasteiger partial charge on any atom is -0.324 e. The number of rotatable bonds is 7. The standard InChI is InChI=1S/C20H22N4O4S/c1-3-24(4-2)29(27,28)15-10-11-20(26)23(13-15)14-19(25)22-18-9-5-8-17-16(18)7-6-12-21-17/h5-13H,3-4,14H2,1-2H3,(H,22,25). The summed E-state index contributed by atoms with van der Waals surface area (Å²) in [5, 5.41) is 3.54.